The fourth-order valence-electron chi connectivity index (χ4n) is 3.35. The minimum absolute atomic E-state index is 0.154. The molecule has 0 aromatic rings. The summed E-state index contributed by atoms with van der Waals surface area (Å²) in [5, 5.41) is 10.5. The molecule has 0 radical (unpaired) electrons. The monoisotopic (exact) mass is 242 g/mol. The number of carbonyl (C=O) groups excluding carboxylic acids is 1. The summed E-state index contributed by atoms with van der Waals surface area (Å²) >= 11 is 0. The van der Waals surface area contributed by atoms with Crippen LogP contribution in [0.4, 0.5) is 0 Å². The van der Waals surface area contributed by atoms with Crippen LogP contribution in [0.1, 0.15) is 59.3 Å². The van der Waals surface area contributed by atoms with E-state index in [9.17, 15) is 9.90 Å². The molecule has 0 aromatic heterocycles. The maximum atomic E-state index is 11.1. The van der Waals surface area contributed by atoms with Crippen molar-refractivity contribution in [1.29, 1.82) is 0 Å². The van der Waals surface area contributed by atoms with Gasteiger partial charge in [0.05, 0.1) is 12.7 Å². The van der Waals surface area contributed by atoms with Crippen LogP contribution in [0.2, 0.25) is 0 Å². The lowest BCUT2D eigenvalue weighted by molar-refractivity contribution is -0.141. The first-order valence-electron chi connectivity index (χ1n) is 6.59. The zero-order valence-electron chi connectivity index (χ0n) is 11.6. The van der Waals surface area contributed by atoms with Gasteiger partial charge in [0.25, 0.3) is 0 Å². The first kappa shape index (κ1) is 14.5. The number of hydrogen-bond acceptors (Lipinski definition) is 3. The van der Waals surface area contributed by atoms with Crippen LogP contribution in [0, 0.1) is 11.3 Å². The second-order valence-electron chi connectivity index (χ2n) is 6.22. The topological polar surface area (TPSA) is 46.5 Å². The molecule has 0 bridgehead atoms. The van der Waals surface area contributed by atoms with Gasteiger partial charge < -0.3 is 9.84 Å². The van der Waals surface area contributed by atoms with Gasteiger partial charge in [-0.3, -0.25) is 4.79 Å². The quantitative estimate of drug-likeness (QED) is 0.771. The Morgan fingerprint density at radius 2 is 2.00 bits per heavy atom. The third-order valence-electron chi connectivity index (χ3n) is 4.30. The van der Waals surface area contributed by atoms with Crippen molar-refractivity contribution in [3.63, 3.8) is 0 Å². The van der Waals surface area contributed by atoms with Crippen LogP contribution in [0.3, 0.4) is 0 Å². The van der Waals surface area contributed by atoms with Crippen LogP contribution in [-0.2, 0) is 9.53 Å². The van der Waals surface area contributed by atoms with Crippen LogP contribution in [-0.4, -0.2) is 23.8 Å². The summed E-state index contributed by atoms with van der Waals surface area (Å²) in [7, 11) is 1.42. The Labute approximate surface area is 105 Å². The Bertz CT molecular complexity index is 253. The van der Waals surface area contributed by atoms with Gasteiger partial charge in [0, 0.05) is 6.42 Å². The predicted octanol–water partition coefficient (Wildman–Crippen LogP) is 2.91. The molecule has 1 fully saturated rings. The van der Waals surface area contributed by atoms with Crippen molar-refractivity contribution in [2.24, 2.45) is 11.3 Å². The van der Waals surface area contributed by atoms with Crippen molar-refractivity contribution in [2.45, 2.75) is 64.9 Å². The number of ether oxygens (including phenoxy) is 1. The minimum atomic E-state index is -0.585. The largest absolute Gasteiger partial charge is 0.469 e. The maximum absolute atomic E-state index is 11.1. The van der Waals surface area contributed by atoms with Crippen molar-refractivity contribution in [1.82, 2.24) is 0 Å². The lowest BCUT2D eigenvalue weighted by atomic mass is 9.60. The fourth-order valence-corrected chi connectivity index (χ4v) is 3.35. The molecule has 0 spiro atoms. The van der Waals surface area contributed by atoms with Gasteiger partial charge in [-0.05, 0) is 43.9 Å². The molecule has 1 aliphatic carbocycles. The van der Waals surface area contributed by atoms with Crippen LogP contribution in [0.25, 0.3) is 0 Å². The molecular weight excluding hydrogens is 216 g/mol. The molecule has 0 heterocycles. The summed E-state index contributed by atoms with van der Waals surface area (Å²) in [6, 6.07) is 0. The highest BCUT2D eigenvalue weighted by Crippen LogP contribution is 2.48. The van der Waals surface area contributed by atoms with E-state index in [0.29, 0.717) is 6.42 Å². The average Bonchev–Trinajstić information content (AvgIpc) is 2.21. The molecule has 2 atom stereocenters. The van der Waals surface area contributed by atoms with Gasteiger partial charge in [-0.25, -0.2) is 0 Å². The number of methoxy groups -OCH3 is 1. The molecule has 1 N–H and O–H groups in total. The van der Waals surface area contributed by atoms with E-state index in [2.05, 4.69) is 18.6 Å². The second kappa shape index (κ2) is 5.38. The van der Waals surface area contributed by atoms with Gasteiger partial charge in [0.15, 0.2) is 0 Å². The van der Waals surface area contributed by atoms with Gasteiger partial charge in [-0.1, -0.05) is 20.3 Å². The Morgan fingerprint density at radius 3 is 2.53 bits per heavy atom. The molecule has 1 aliphatic rings. The molecule has 0 saturated heterocycles. The number of esters is 1. The van der Waals surface area contributed by atoms with E-state index < -0.39 is 5.60 Å². The summed E-state index contributed by atoms with van der Waals surface area (Å²) in [4.78, 5) is 11.1. The van der Waals surface area contributed by atoms with E-state index >= 15 is 0 Å². The molecule has 0 amide bonds. The Hall–Kier alpha value is -0.570. The zero-order valence-corrected chi connectivity index (χ0v) is 11.6. The lowest BCUT2D eigenvalue weighted by Crippen LogP contribution is -2.47. The molecule has 3 nitrogen and oxygen atoms in total. The molecule has 3 heteroatoms. The van der Waals surface area contributed by atoms with Crippen molar-refractivity contribution < 1.29 is 14.6 Å². The van der Waals surface area contributed by atoms with Gasteiger partial charge in [0.1, 0.15) is 0 Å². The molecule has 100 valence electrons. The smallest absolute Gasteiger partial charge is 0.305 e. The second-order valence-corrected chi connectivity index (χ2v) is 6.22. The Kier molecular flexibility index (Phi) is 4.59. The molecule has 1 rings (SSSR count). The van der Waals surface area contributed by atoms with Crippen LogP contribution < -0.4 is 0 Å². The number of hydrogen-bond donors (Lipinski definition) is 1. The summed E-state index contributed by atoms with van der Waals surface area (Å²) in [6.45, 7) is 6.39. The summed E-state index contributed by atoms with van der Waals surface area (Å²) in [5.74, 6) is 0.117. The van der Waals surface area contributed by atoms with Crippen molar-refractivity contribution in [2.75, 3.05) is 7.11 Å². The zero-order chi connectivity index (χ0) is 13.1. The normalized spacial score (nSPS) is 32.2. The maximum Gasteiger partial charge on any atom is 0.305 e. The van der Waals surface area contributed by atoms with Gasteiger partial charge >= 0.3 is 5.97 Å². The standard InChI is InChI=1S/C14H26O3/c1-13(2)9-6-10-14(3,16)11(13)7-5-8-12(15)17-4/h11,16H,5-10H2,1-4H3/t11-,14-/m0/s1. The van der Waals surface area contributed by atoms with Crippen LogP contribution in [0.15, 0.2) is 0 Å². The van der Waals surface area contributed by atoms with Crippen LogP contribution in [0.5, 0.6) is 0 Å². The first-order chi connectivity index (χ1) is 7.79. The van der Waals surface area contributed by atoms with E-state index in [4.69, 9.17) is 0 Å². The average molecular weight is 242 g/mol. The fraction of sp³-hybridized carbons (Fsp3) is 0.929. The highest BCUT2D eigenvalue weighted by Gasteiger charge is 2.44. The number of rotatable bonds is 4. The molecule has 1 saturated carbocycles. The minimum Gasteiger partial charge on any atom is -0.469 e. The van der Waals surface area contributed by atoms with E-state index in [1.807, 2.05) is 6.92 Å². The van der Waals surface area contributed by atoms with Crippen molar-refractivity contribution in [3.05, 3.63) is 0 Å². The molecule has 0 unspecified atom stereocenters. The third kappa shape index (κ3) is 3.70. The van der Waals surface area contributed by atoms with Crippen molar-refractivity contribution >= 4 is 5.97 Å². The molecular formula is C14H26O3. The van der Waals surface area contributed by atoms with Crippen molar-refractivity contribution in [3.8, 4) is 0 Å². The first-order valence-corrected chi connectivity index (χ1v) is 6.59. The van der Waals surface area contributed by atoms with Gasteiger partial charge in [0.2, 0.25) is 0 Å². The SMILES string of the molecule is COC(=O)CCC[C@H]1C(C)(C)CCC[C@]1(C)O. The van der Waals surface area contributed by atoms with E-state index in [1.54, 1.807) is 0 Å². The summed E-state index contributed by atoms with van der Waals surface area (Å²) in [5.41, 5.74) is -0.421. The third-order valence-corrected chi connectivity index (χ3v) is 4.30. The van der Waals surface area contributed by atoms with E-state index in [-0.39, 0.29) is 17.3 Å². The Balaban J connectivity index is 2.55. The van der Waals surface area contributed by atoms with Gasteiger partial charge in [-0.2, -0.15) is 0 Å². The molecule has 0 aliphatic heterocycles. The van der Waals surface area contributed by atoms with Gasteiger partial charge in [-0.15, -0.1) is 0 Å². The summed E-state index contributed by atoms with van der Waals surface area (Å²) in [6.07, 6.45) is 5.28. The predicted molar refractivity (Wildman–Crippen MR) is 67.6 cm³/mol. The van der Waals surface area contributed by atoms with E-state index in [1.165, 1.54) is 7.11 Å². The number of aliphatic hydroxyl groups is 1. The Morgan fingerprint density at radius 1 is 1.35 bits per heavy atom. The lowest BCUT2D eigenvalue weighted by Gasteiger charge is -2.48. The highest BCUT2D eigenvalue weighted by atomic mass is 16.5. The molecule has 0 aromatic carbocycles. The molecule has 17 heavy (non-hydrogen) atoms. The van der Waals surface area contributed by atoms with E-state index in [0.717, 1.165) is 32.1 Å². The van der Waals surface area contributed by atoms with Crippen LogP contribution >= 0.6 is 0 Å². The number of carbonyl (C=O) groups is 1. The highest BCUT2D eigenvalue weighted by molar-refractivity contribution is 5.68. The summed E-state index contributed by atoms with van der Waals surface area (Å²) < 4.78 is 4.64.